The van der Waals surface area contributed by atoms with E-state index in [2.05, 4.69) is 15.5 Å². The molecule has 6 heteroatoms. The fourth-order valence-electron chi connectivity index (χ4n) is 2.05. The number of benzene rings is 1. The molecule has 3 rings (SSSR count). The average molecular weight is 284 g/mol. The highest BCUT2D eigenvalue weighted by Gasteiger charge is 2.23. The number of hydrogen-bond donors (Lipinski definition) is 1. The van der Waals surface area contributed by atoms with Crippen LogP contribution in [0, 0.1) is 0 Å². The van der Waals surface area contributed by atoms with Crippen molar-refractivity contribution in [2.75, 3.05) is 6.54 Å². The molecule has 94 valence electrons. The zero-order chi connectivity index (χ0) is 12.5. The van der Waals surface area contributed by atoms with Gasteiger partial charge < -0.3 is 9.84 Å². The van der Waals surface area contributed by atoms with Crippen molar-refractivity contribution in [1.82, 2.24) is 15.5 Å². The molecule has 1 aliphatic heterocycles. The van der Waals surface area contributed by atoms with E-state index in [1.807, 2.05) is 0 Å². The van der Waals surface area contributed by atoms with Crippen LogP contribution in [0.2, 0.25) is 10.0 Å². The zero-order valence-electron chi connectivity index (χ0n) is 9.49. The lowest BCUT2D eigenvalue weighted by Gasteiger charge is -2.01. The number of rotatable bonds is 2. The molecule has 1 N–H and O–H groups in total. The molecule has 1 aromatic heterocycles. The van der Waals surface area contributed by atoms with E-state index in [-0.39, 0.29) is 6.04 Å². The van der Waals surface area contributed by atoms with Gasteiger partial charge in [-0.3, -0.25) is 0 Å². The van der Waals surface area contributed by atoms with Gasteiger partial charge in [-0.1, -0.05) is 28.4 Å². The van der Waals surface area contributed by atoms with E-state index in [1.54, 1.807) is 18.2 Å². The summed E-state index contributed by atoms with van der Waals surface area (Å²) in [5.41, 5.74) is 0.731. The van der Waals surface area contributed by atoms with Gasteiger partial charge in [-0.2, -0.15) is 4.98 Å². The number of nitrogens with one attached hydrogen (secondary N) is 1. The highest BCUT2D eigenvalue weighted by molar-refractivity contribution is 6.36. The number of nitrogens with zero attached hydrogens (tertiary/aromatic N) is 2. The predicted octanol–water partition coefficient (Wildman–Crippen LogP) is 3.47. The molecule has 4 nitrogen and oxygen atoms in total. The minimum Gasteiger partial charge on any atom is -0.337 e. The second-order valence-electron chi connectivity index (χ2n) is 4.23. The minimum absolute atomic E-state index is 0.164. The summed E-state index contributed by atoms with van der Waals surface area (Å²) in [5, 5.41) is 8.39. The van der Waals surface area contributed by atoms with Crippen molar-refractivity contribution in [3.63, 3.8) is 0 Å². The molecule has 1 saturated heterocycles. The summed E-state index contributed by atoms with van der Waals surface area (Å²) in [7, 11) is 0. The van der Waals surface area contributed by atoms with E-state index in [1.165, 1.54) is 0 Å². The summed E-state index contributed by atoms with van der Waals surface area (Å²) >= 11 is 12.0. The highest BCUT2D eigenvalue weighted by atomic mass is 35.5. The first-order chi connectivity index (χ1) is 8.74. The van der Waals surface area contributed by atoms with E-state index >= 15 is 0 Å². The van der Waals surface area contributed by atoms with Gasteiger partial charge in [0, 0.05) is 10.6 Å². The normalized spacial score (nSPS) is 19.3. The minimum atomic E-state index is 0.164. The molecule has 1 unspecified atom stereocenters. The predicted molar refractivity (Wildman–Crippen MR) is 69.7 cm³/mol. The third-order valence-corrected chi connectivity index (χ3v) is 3.52. The Bertz CT molecular complexity index is 564. The lowest BCUT2D eigenvalue weighted by molar-refractivity contribution is 0.345. The van der Waals surface area contributed by atoms with Crippen LogP contribution in [-0.2, 0) is 0 Å². The summed E-state index contributed by atoms with van der Waals surface area (Å²) < 4.78 is 5.27. The van der Waals surface area contributed by atoms with E-state index in [0.717, 1.165) is 24.9 Å². The summed E-state index contributed by atoms with van der Waals surface area (Å²) in [6.45, 7) is 0.990. The average Bonchev–Trinajstić information content (AvgIpc) is 2.99. The number of aromatic nitrogens is 2. The molecular formula is C12H11Cl2N3O. The van der Waals surface area contributed by atoms with Crippen molar-refractivity contribution >= 4 is 23.2 Å². The van der Waals surface area contributed by atoms with Gasteiger partial charge in [0.2, 0.25) is 11.7 Å². The van der Waals surface area contributed by atoms with Crippen molar-refractivity contribution in [1.29, 1.82) is 0 Å². The molecule has 2 heterocycles. The third-order valence-electron chi connectivity index (χ3n) is 2.97. The van der Waals surface area contributed by atoms with Gasteiger partial charge in [-0.05, 0) is 37.6 Å². The van der Waals surface area contributed by atoms with Gasteiger partial charge in [0.15, 0.2) is 0 Å². The van der Waals surface area contributed by atoms with Gasteiger partial charge in [0.25, 0.3) is 0 Å². The summed E-state index contributed by atoms with van der Waals surface area (Å²) in [5.74, 6) is 1.12. The Hall–Kier alpha value is -1.10. The molecule has 1 aromatic carbocycles. The summed E-state index contributed by atoms with van der Waals surface area (Å²) in [6.07, 6.45) is 2.15. The van der Waals surface area contributed by atoms with E-state index in [4.69, 9.17) is 27.7 Å². The van der Waals surface area contributed by atoms with Gasteiger partial charge >= 0.3 is 0 Å². The maximum atomic E-state index is 6.11. The molecule has 1 fully saturated rings. The lowest BCUT2D eigenvalue weighted by atomic mass is 10.2. The van der Waals surface area contributed by atoms with Gasteiger partial charge in [0.05, 0.1) is 11.1 Å². The highest BCUT2D eigenvalue weighted by Crippen LogP contribution is 2.30. The van der Waals surface area contributed by atoms with Crippen molar-refractivity contribution in [2.45, 2.75) is 18.9 Å². The van der Waals surface area contributed by atoms with Crippen molar-refractivity contribution in [3.05, 3.63) is 34.1 Å². The Labute approximate surface area is 114 Å². The monoisotopic (exact) mass is 283 g/mol. The number of hydrogen-bond acceptors (Lipinski definition) is 4. The topological polar surface area (TPSA) is 51.0 Å². The maximum Gasteiger partial charge on any atom is 0.244 e. The molecule has 18 heavy (non-hydrogen) atoms. The first-order valence-electron chi connectivity index (χ1n) is 5.76. The van der Waals surface area contributed by atoms with Crippen LogP contribution in [0.3, 0.4) is 0 Å². The number of halogens is 2. The largest absolute Gasteiger partial charge is 0.337 e. The molecule has 0 aliphatic carbocycles. The molecular weight excluding hydrogens is 273 g/mol. The van der Waals surface area contributed by atoms with Crippen molar-refractivity contribution < 1.29 is 4.52 Å². The summed E-state index contributed by atoms with van der Waals surface area (Å²) in [6, 6.07) is 5.38. The lowest BCUT2D eigenvalue weighted by Crippen LogP contribution is -2.12. The van der Waals surface area contributed by atoms with Crippen molar-refractivity contribution in [2.24, 2.45) is 0 Å². The molecule has 0 saturated carbocycles. The van der Waals surface area contributed by atoms with Gasteiger partial charge in [0.1, 0.15) is 0 Å². The van der Waals surface area contributed by atoms with E-state index in [0.29, 0.717) is 21.8 Å². The van der Waals surface area contributed by atoms with Crippen LogP contribution < -0.4 is 5.32 Å². The second kappa shape index (κ2) is 4.88. The Morgan fingerprint density at radius 1 is 1.33 bits per heavy atom. The quantitative estimate of drug-likeness (QED) is 0.917. The zero-order valence-corrected chi connectivity index (χ0v) is 11.0. The first kappa shape index (κ1) is 12.0. The fourth-order valence-corrected chi connectivity index (χ4v) is 2.55. The fraction of sp³-hybridized carbons (Fsp3) is 0.333. The van der Waals surface area contributed by atoms with Crippen LogP contribution in [-0.4, -0.2) is 16.7 Å². The molecule has 0 spiro atoms. The Morgan fingerprint density at radius 2 is 2.22 bits per heavy atom. The standard InChI is InChI=1S/C12H11Cl2N3O/c13-7-3-4-8(9(14)6-7)11-16-12(18-17-11)10-2-1-5-15-10/h3-4,6,10,15H,1-2,5H2. The molecule has 0 bridgehead atoms. The van der Waals surface area contributed by atoms with E-state index in [9.17, 15) is 0 Å². The third kappa shape index (κ3) is 2.23. The first-order valence-corrected chi connectivity index (χ1v) is 6.52. The Kier molecular flexibility index (Phi) is 3.24. The van der Waals surface area contributed by atoms with Crippen LogP contribution in [0.15, 0.2) is 22.7 Å². The van der Waals surface area contributed by atoms with Gasteiger partial charge in [-0.15, -0.1) is 0 Å². The molecule has 1 atom stereocenters. The Morgan fingerprint density at radius 3 is 2.94 bits per heavy atom. The second-order valence-corrected chi connectivity index (χ2v) is 5.07. The van der Waals surface area contributed by atoms with Crippen molar-refractivity contribution in [3.8, 4) is 11.4 Å². The molecule has 0 amide bonds. The van der Waals surface area contributed by atoms with Crippen LogP contribution in [0.1, 0.15) is 24.8 Å². The maximum absolute atomic E-state index is 6.11. The Balaban J connectivity index is 1.92. The van der Waals surface area contributed by atoms with Crippen LogP contribution in [0.4, 0.5) is 0 Å². The smallest absolute Gasteiger partial charge is 0.244 e. The molecule has 2 aromatic rings. The van der Waals surface area contributed by atoms with Crippen LogP contribution in [0.25, 0.3) is 11.4 Å². The van der Waals surface area contributed by atoms with E-state index < -0.39 is 0 Å². The molecule has 1 aliphatic rings. The van der Waals surface area contributed by atoms with Crippen LogP contribution in [0.5, 0.6) is 0 Å². The van der Waals surface area contributed by atoms with Crippen LogP contribution >= 0.6 is 23.2 Å². The van der Waals surface area contributed by atoms with Gasteiger partial charge in [-0.25, -0.2) is 0 Å². The summed E-state index contributed by atoms with van der Waals surface area (Å²) in [4.78, 5) is 4.39. The SMILES string of the molecule is Clc1ccc(-c2noc(C3CCCN3)n2)c(Cl)c1. The molecule has 0 radical (unpaired) electrons.